The van der Waals surface area contributed by atoms with Crippen molar-refractivity contribution in [2.24, 2.45) is 5.73 Å². The average Bonchev–Trinajstić information content (AvgIpc) is 2.77. The fourth-order valence-electron chi connectivity index (χ4n) is 3.17. The fourth-order valence-corrected chi connectivity index (χ4v) is 3.17. The number of ether oxygens (including phenoxy) is 2. The molecule has 0 aliphatic rings. The molecule has 0 bridgehead atoms. The third-order valence-electron chi connectivity index (χ3n) is 4.71. The maximum Gasteiger partial charge on any atom is 1.00 e. The molecule has 0 radical (unpaired) electrons. The molecule has 32 heavy (non-hydrogen) atoms. The van der Waals surface area contributed by atoms with Crippen LogP contribution in [0.25, 0.3) is 11.1 Å². The molecule has 1 amide bonds. The van der Waals surface area contributed by atoms with E-state index in [2.05, 4.69) is 0 Å². The van der Waals surface area contributed by atoms with Crippen LogP contribution in [0.15, 0.2) is 78.9 Å². The number of nitrogens with two attached hydrogens (primary N) is 1. The first-order valence-electron chi connectivity index (χ1n) is 10.1. The summed E-state index contributed by atoms with van der Waals surface area (Å²) in [6.07, 6.45) is 0.193. The Hall–Kier alpha value is -2.64. The smallest absolute Gasteiger partial charge is 1.00 e. The van der Waals surface area contributed by atoms with E-state index >= 15 is 0 Å². The Labute approximate surface area is 211 Å². The van der Waals surface area contributed by atoms with Gasteiger partial charge in [0.25, 0.3) is 5.91 Å². The van der Waals surface area contributed by atoms with Crippen LogP contribution in [0, 0.1) is 0 Å². The Bertz CT molecular complexity index is 1010. The Morgan fingerprint density at radius 2 is 1.56 bits per heavy atom. The van der Waals surface area contributed by atoms with Crippen LogP contribution in [0.2, 0.25) is 0 Å². The molecule has 0 fully saturated rings. The number of primary amides is 1. The number of para-hydroxylation sites is 1. The van der Waals surface area contributed by atoms with E-state index in [4.69, 9.17) is 20.3 Å². The summed E-state index contributed by atoms with van der Waals surface area (Å²) in [5.74, 6) is -0.100. The Balaban J connectivity index is 0.00000272. The average molecular weight is 443 g/mol. The van der Waals surface area contributed by atoms with Gasteiger partial charge in [-0.05, 0) is 42.2 Å². The van der Waals surface area contributed by atoms with Crippen LogP contribution in [-0.2, 0) is 14.3 Å². The first-order chi connectivity index (χ1) is 15.0. The van der Waals surface area contributed by atoms with Gasteiger partial charge >= 0.3 is 35.5 Å². The molecule has 6 nitrogen and oxygen atoms in total. The summed E-state index contributed by atoms with van der Waals surface area (Å²) in [5, 5.41) is 8.68. The van der Waals surface area contributed by atoms with Crippen LogP contribution in [0.5, 0.6) is 11.5 Å². The molecule has 0 aliphatic carbocycles. The quantitative estimate of drug-likeness (QED) is 0.349. The first kappa shape index (κ1) is 25.6. The van der Waals surface area contributed by atoms with Gasteiger partial charge in [-0.2, -0.15) is 0 Å². The van der Waals surface area contributed by atoms with Gasteiger partial charge in [-0.3, -0.25) is 9.59 Å². The number of carbonyl (C=O) groups is 2. The molecule has 0 saturated heterocycles. The zero-order valence-electron chi connectivity index (χ0n) is 19.1. The minimum atomic E-state index is -0.893. The van der Waals surface area contributed by atoms with Gasteiger partial charge in [0.05, 0.1) is 0 Å². The summed E-state index contributed by atoms with van der Waals surface area (Å²) >= 11 is 0. The van der Waals surface area contributed by atoms with Gasteiger partial charge < -0.3 is 21.7 Å². The monoisotopic (exact) mass is 443 g/mol. The van der Waals surface area contributed by atoms with Crippen LogP contribution < -0.4 is 40.0 Å². The molecule has 0 aromatic heterocycles. The van der Waals surface area contributed by atoms with E-state index in [1.165, 1.54) is 0 Å². The summed E-state index contributed by atoms with van der Waals surface area (Å²) in [7, 11) is 0. The molecule has 3 N–H and O–H groups in total. The molecule has 0 aliphatic heterocycles. The molecular weight excluding hydrogens is 417 g/mol. The summed E-state index contributed by atoms with van der Waals surface area (Å²) < 4.78 is 11.7. The van der Waals surface area contributed by atoms with Crippen LogP contribution in [0.3, 0.4) is 0 Å². The van der Waals surface area contributed by atoms with Crippen LogP contribution >= 0.6 is 0 Å². The molecule has 1 atom stereocenters. The van der Waals surface area contributed by atoms with E-state index in [0.29, 0.717) is 24.2 Å². The van der Waals surface area contributed by atoms with Crippen molar-refractivity contribution in [1.29, 1.82) is 0 Å². The maximum absolute atomic E-state index is 11.8. The standard InChI is InChI=1S/C25H25NO5.Na.H/c26-25(29)24(30-17-7-6-12-23(27)28)19-13-15-20(16-14-19)31-22-11-5-4-10-21(22)18-8-2-1-3-9-18;;/h1-5,8-11,13-16,24H,6-7,12,17H2,(H2,26,29)(H,27,28);;/q;+1;-1. The van der Waals surface area contributed by atoms with Gasteiger partial charge in [0.15, 0.2) is 6.10 Å². The van der Waals surface area contributed by atoms with Gasteiger partial charge in [0.1, 0.15) is 11.5 Å². The number of benzene rings is 3. The van der Waals surface area contributed by atoms with Gasteiger partial charge in [0, 0.05) is 18.6 Å². The van der Waals surface area contributed by atoms with Crippen molar-refractivity contribution in [3.05, 3.63) is 84.4 Å². The summed E-state index contributed by atoms with van der Waals surface area (Å²) in [6.45, 7) is 0.254. The van der Waals surface area contributed by atoms with Gasteiger partial charge in [-0.15, -0.1) is 0 Å². The number of amides is 1. The molecule has 3 aromatic rings. The third kappa shape index (κ3) is 7.50. The largest absolute Gasteiger partial charge is 1.00 e. The van der Waals surface area contributed by atoms with Crippen LogP contribution in [0.4, 0.5) is 0 Å². The van der Waals surface area contributed by atoms with Gasteiger partial charge in [-0.1, -0.05) is 60.7 Å². The van der Waals surface area contributed by atoms with Crippen molar-refractivity contribution in [1.82, 2.24) is 0 Å². The van der Waals surface area contributed by atoms with E-state index in [1.807, 2.05) is 54.6 Å². The van der Waals surface area contributed by atoms with Crippen molar-refractivity contribution in [3.63, 3.8) is 0 Å². The summed E-state index contributed by atoms with van der Waals surface area (Å²) in [6, 6.07) is 24.8. The van der Waals surface area contributed by atoms with Crippen LogP contribution in [0.1, 0.15) is 32.4 Å². The second kappa shape index (κ2) is 13.0. The normalized spacial score (nSPS) is 11.2. The predicted molar refractivity (Wildman–Crippen MR) is 119 cm³/mol. The molecule has 0 saturated carbocycles. The van der Waals surface area contributed by atoms with Crippen molar-refractivity contribution in [3.8, 4) is 22.6 Å². The number of carbonyl (C=O) groups excluding carboxylic acids is 1. The molecule has 162 valence electrons. The fraction of sp³-hybridized carbons (Fsp3) is 0.200. The molecule has 0 heterocycles. The molecule has 7 heteroatoms. The second-order valence-corrected chi connectivity index (χ2v) is 7.04. The number of aliphatic carboxylic acids is 1. The number of rotatable bonds is 11. The van der Waals surface area contributed by atoms with Crippen molar-refractivity contribution in [2.45, 2.75) is 25.4 Å². The van der Waals surface area contributed by atoms with Gasteiger partial charge in [-0.25, -0.2) is 0 Å². The van der Waals surface area contributed by atoms with Crippen molar-refractivity contribution >= 4 is 11.9 Å². The van der Waals surface area contributed by atoms with Crippen molar-refractivity contribution < 1.29 is 55.2 Å². The summed E-state index contributed by atoms with van der Waals surface area (Å²) in [5.41, 5.74) is 8.14. The molecule has 1 unspecified atom stereocenters. The van der Waals surface area contributed by atoms with E-state index in [0.717, 1.165) is 16.9 Å². The number of hydrogen-bond acceptors (Lipinski definition) is 4. The number of hydrogen-bond donors (Lipinski definition) is 2. The number of carboxylic acids is 1. The Kier molecular flexibility index (Phi) is 10.4. The van der Waals surface area contributed by atoms with E-state index in [1.54, 1.807) is 24.3 Å². The second-order valence-electron chi connectivity index (χ2n) is 7.04. The molecule has 3 aromatic carbocycles. The predicted octanol–water partition coefficient (Wildman–Crippen LogP) is 2.06. The Morgan fingerprint density at radius 3 is 2.22 bits per heavy atom. The van der Waals surface area contributed by atoms with E-state index in [-0.39, 0.29) is 44.0 Å². The minimum absolute atomic E-state index is 0. The van der Waals surface area contributed by atoms with E-state index < -0.39 is 18.0 Å². The molecule has 3 rings (SSSR count). The minimum Gasteiger partial charge on any atom is -1.00 e. The number of carboxylic acid groups (broad SMARTS) is 1. The first-order valence-corrected chi connectivity index (χ1v) is 10.1. The van der Waals surface area contributed by atoms with E-state index in [9.17, 15) is 9.59 Å². The summed E-state index contributed by atoms with van der Waals surface area (Å²) in [4.78, 5) is 22.4. The molecule has 0 spiro atoms. The topological polar surface area (TPSA) is 98.9 Å². The Morgan fingerprint density at radius 1 is 0.906 bits per heavy atom. The maximum atomic E-state index is 11.8. The number of unbranched alkanes of at least 4 members (excludes halogenated alkanes) is 1. The van der Waals surface area contributed by atoms with Crippen LogP contribution in [-0.4, -0.2) is 23.6 Å². The van der Waals surface area contributed by atoms with Gasteiger partial charge in [0.2, 0.25) is 0 Å². The third-order valence-corrected chi connectivity index (χ3v) is 4.71. The molecular formula is C25H26NNaO5. The zero-order valence-corrected chi connectivity index (χ0v) is 20.1. The SMILES string of the molecule is NC(=O)C(OCCCCC(=O)O)c1ccc(Oc2ccccc2-c2ccccc2)cc1.[H-].[Na+]. The van der Waals surface area contributed by atoms with Crippen molar-refractivity contribution in [2.75, 3.05) is 6.61 Å². The zero-order chi connectivity index (χ0) is 22.1.